The number of methoxy groups -OCH3 is 1. The van der Waals surface area contributed by atoms with Gasteiger partial charge in [0.2, 0.25) is 0 Å². The van der Waals surface area contributed by atoms with Crippen molar-refractivity contribution in [3.05, 3.63) is 28.0 Å². The molecule has 0 N–H and O–H groups in total. The van der Waals surface area contributed by atoms with E-state index in [1.165, 1.54) is 25.4 Å². The Morgan fingerprint density at radius 2 is 2.25 bits per heavy atom. The molecule has 0 unspecified atom stereocenters. The van der Waals surface area contributed by atoms with Gasteiger partial charge in [-0.3, -0.25) is 4.79 Å². The minimum absolute atomic E-state index is 0.0695. The maximum atomic E-state index is 11.4. The molecule has 0 aromatic carbocycles. The largest absolute Gasteiger partial charge is 0.466 e. The summed E-state index contributed by atoms with van der Waals surface area (Å²) in [5, 5.41) is 1.90. The zero-order valence-corrected chi connectivity index (χ0v) is 9.87. The van der Waals surface area contributed by atoms with Crippen LogP contribution in [0, 0.1) is 0 Å². The van der Waals surface area contributed by atoms with Crippen molar-refractivity contribution in [2.75, 3.05) is 13.7 Å². The summed E-state index contributed by atoms with van der Waals surface area (Å²) >= 11 is 1.49. The molecule has 1 heterocycles. The molecule has 1 aromatic rings. The van der Waals surface area contributed by atoms with Crippen LogP contribution in [0.1, 0.15) is 11.8 Å². The molecular formula is C11H12O4S. The number of esters is 2. The van der Waals surface area contributed by atoms with Gasteiger partial charge in [-0.1, -0.05) is 6.07 Å². The van der Waals surface area contributed by atoms with E-state index in [0.29, 0.717) is 5.57 Å². The quantitative estimate of drug-likeness (QED) is 0.595. The number of hydrogen-bond acceptors (Lipinski definition) is 5. The van der Waals surface area contributed by atoms with E-state index in [-0.39, 0.29) is 6.61 Å². The van der Waals surface area contributed by atoms with Crippen molar-refractivity contribution >= 4 is 29.4 Å². The molecule has 4 nitrogen and oxygen atoms in total. The summed E-state index contributed by atoms with van der Waals surface area (Å²) < 4.78 is 9.37. The number of carbonyl (C=O) groups is 2. The van der Waals surface area contributed by atoms with Crippen LogP contribution in [0.25, 0.3) is 6.08 Å². The molecule has 1 rings (SSSR count). The summed E-state index contributed by atoms with van der Waals surface area (Å²) in [6, 6.07) is 3.73. The molecule has 0 spiro atoms. The van der Waals surface area contributed by atoms with E-state index in [1.54, 1.807) is 6.08 Å². The molecule has 0 radical (unpaired) electrons. The number of hydrogen-bond donors (Lipinski definition) is 0. The second-order valence-corrected chi connectivity index (χ2v) is 3.94. The number of ether oxygens (including phenoxy) is 2. The Labute approximate surface area is 97.5 Å². The summed E-state index contributed by atoms with van der Waals surface area (Å²) in [6.45, 7) is 1.22. The topological polar surface area (TPSA) is 52.6 Å². The van der Waals surface area contributed by atoms with Crippen LogP contribution in [0.2, 0.25) is 0 Å². The number of thiophene rings is 1. The zero-order chi connectivity index (χ0) is 12.0. The van der Waals surface area contributed by atoms with Crippen molar-refractivity contribution in [2.24, 2.45) is 0 Å². The van der Waals surface area contributed by atoms with Crippen LogP contribution >= 0.6 is 11.3 Å². The Bertz CT molecular complexity index is 392. The van der Waals surface area contributed by atoms with Gasteiger partial charge in [0.25, 0.3) is 0 Å². The monoisotopic (exact) mass is 240 g/mol. The highest BCUT2D eigenvalue weighted by Gasteiger charge is 2.11. The molecular weight excluding hydrogens is 228 g/mol. The zero-order valence-electron chi connectivity index (χ0n) is 9.06. The molecule has 0 aliphatic rings. The standard InChI is InChI=1S/C11H12O4S/c1-8(12)15-7-9(11(13)14-2)6-10-4-3-5-16-10/h3-6H,7H2,1-2H3/b9-6+. The molecule has 0 aliphatic heterocycles. The van der Waals surface area contributed by atoms with Crippen molar-refractivity contribution in [1.82, 2.24) is 0 Å². The fourth-order valence-corrected chi connectivity index (χ4v) is 1.70. The number of rotatable bonds is 4. The number of carbonyl (C=O) groups excluding carboxylic acids is 2. The van der Waals surface area contributed by atoms with Crippen LogP contribution in [0.4, 0.5) is 0 Å². The smallest absolute Gasteiger partial charge is 0.337 e. The van der Waals surface area contributed by atoms with Crippen LogP contribution in [-0.4, -0.2) is 25.7 Å². The highest BCUT2D eigenvalue weighted by atomic mass is 32.1. The van der Waals surface area contributed by atoms with E-state index in [0.717, 1.165) is 4.88 Å². The second-order valence-electron chi connectivity index (χ2n) is 2.96. The molecule has 0 atom stereocenters. The summed E-state index contributed by atoms with van der Waals surface area (Å²) in [5.41, 5.74) is 0.320. The van der Waals surface area contributed by atoms with E-state index in [1.807, 2.05) is 17.5 Å². The lowest BCUT2D eigenvalue weighted by atomic mass is 10.2. The Balaban J connectivity index is 2.78. The van der Waals surface area contributed by atoms with Gasteiger partial charge in [0, 0.05) is 11.8 Å². The van der Waals surface area contributed by atoms with Crippen LogP contribution in [0.3, 0.4) is 0 Å². The molecule has 0 saturated carbocycles. The highest BCUT2D eigenvalue weighted by molar-refractivity contribution is 7.10. The van der Waals surface area contributed by atoms with Crippen LogP contribution < -0.4 is 0 Å². The Hall–Kier alpha value is -1.62. The molecule has 0 fully saturated rings. The lowest BCUT2D eigenvalue weighted by Crippen LogP contribution is -2.12. The normalized spacial score (nSPS) is 11.0. The van der Waals surface area contributed by atoms with E-state index in [4.69, 9.17) is 4.74 Å². The van der Waals surface area contributed by atoms with Gasteiger partial charge in [0.05, 0.1) is 12.7 Å². The third-order valence-corrected chi connectivity index (χ3v) is 2.56. The third kappa shape index (κ3) is 3.86. The molecule has 5 heteroatoms. The second kappa shape index (κ2) is 6.07. The van der Waals surface area contributed by atoms with Crippen molar-refractivity contribution < 1.29 is 19.1 Å². The minimum Gasteiger partial charge on any atom is -0.466 e. The van der Waals surface area contributed by atoms with Crippen LogP contribution in [0.5, 0.6) is 0 Å². The molecule has 0 bridgehead atoms. The van der Waals surface area contributed by atoms with Gasteiger partial charge in [-0.15, -0.1) is 11.3 Å². The van der Waals surface area contributed by atoms with Crippen molar-refractivity contribution in [2.45, 2.75) is 6.92 Å². The first-order valence-corrected chi connectivity index (χ1v) is 5.47. The molecule has 16 heavy (non-hydrogen) atoms. The Morgan fingerprint density at radius 1 is 1.50 bits per heavy atom. The third-order valence-electron chi connectivity index (χ3n) is 1.74. The average molecular weight is 240 g/mol. The van der Waals surface area contributed by atoms with Crippen molar-refractivity contribution in [3.8, 4) is 0 Å². The fraction of sp³-hybridized carbons (Fsp3) is 0.273. The van der Waals surface area contributed by atoms with Crippen LogP contribution in [0.15, 0.2) is 23.1 Å². The van der Waals surface area contributed by atoms with E-state index < -0.39 is 11.9 Å². The lowest BCUT2D eigenvalue weighted by molar-refractivity contribution is -0.141. The molecule has 1 aromatic heterocycles. The van der Waals surface area contributed by atoms with Crippen molar-refractivity contribution in [1.29, 1.82) is 0 Å². The first-order chi connectivity index (χ1) is 7.63. The van der Waals surface area contributed by atoms with Gasteiger partial charge in [-0.25, -0.2) is 4.79 Å². The Kier molecular flexibility index (Phi) is 4.72. The Morgan fingerprint density at radius 3 is 2.75 bits per heavy atom. The maximum Gasteiger partial charge on any atom is 0.337 e. The van der Waals surface area contributed by atoms with Crippen molar-refractivity contribution in [3.63, 3.8) is 0 Å². The summed E-state index contributed by atoms with van der Waals surface area (Å²) in [7, 11) is 1.29. The van der Waals surface area contributed by atoms with Gasteiger partial charge in [0.15, 0.2) is 0 Å². The summed E-state index contributed by atoms with van der Waals surface area (Å²) in [6.07, 6.45) is 1.65. The van der Waals surface area contributed by atoms with Crippen LogP contribution in [-0.2, 0) is 19.1 Å². The predicted molar refractivity (Wildman–Crippen MR) is 60.9 cm³/mol. The van der Waals surface area contributed by atoms with Gasteiger partial charge in [0.1, 0.15) is 6.61 Å². The SMILES string of the molecule is COC(=O)/C(=C/c1cccs1)COC(C)=O. The molecule has 0 saturated heterocycles. The fourth-order valence-electron chi connectivity index (χ4n) is 1.02. The minimum atomic E-state index is -0.491. The predicted octanol–water partition coefficient (Wildman–Crippen LogP) is 1.87. The van der Waals surface area contributed by atoms with Gasteiger partial charge in [-0.05, 0) is 17.5 Å². The lowest BCUT2D eigenvalue weighted by Gasteiger charge is -2.04. The van der Waals surface area contributed by atoms with Gasteiger partial charge in [-0.2, -0.15) is 0 Å². The summed E-state index contributed by atoms with van der Waals surface area (Å²) in [5.74, 6) is -0.921. The first-order valence-electron chi connectivity index (χ1n) is 4.59. The van der Waals surface area contributed by atoms with Gasteiger partial charge < -0.3 is 9.47 Å². The van der Waals surface area contributed by atoms with E-state index in [9.17, 15) is 9.59 Å². The highest BCUT2D eigenvalue weighted by Crippen LogP contribution is 2.14. The average Bonchev–Trinajstić information content (AvgIpc) is 2.75. The van der Waals surface area contributed by atoms with E-state index >= 15 is 0 Å². The van der Waals surface area contributed by atoms with E-state index in [2.05, 4.69) is 4.74 Å². The molecule has 0 aliphatic carbocycles. The van der Waals surface area contributed by atoms with Gasteiger partial charge >= 0.3 is 11.9 Å². The molecule has 0 amide bonds. The summed E-state index contributed by atoms with van der Waals surface area (Å²) in [4.78, 5) is 22.9. The first kappa shape index (κ1) is 12.4. The molecule has 86 valence electrons. The maximum absolute atomic E-state index is 11.4.